The molecule has 1 atom stereocenters. The molecule has 0 spiro atoms. The van der Waals surface area contributed by atoms with Crippen LogP contribution in [-0.4, -0.2) is 33.5 Å². The van der Waals surface area contributed by atoms with Crippen molar-refractivity contribution < 1.29 is 22.8 Å². The molecule has 0 aliphatic carbocycles. The van der Waals surface area contributed by atoms with Gasteiger partial charge in [0, 0.05) is 17.0 Å². The van der Waals surface area contributed by atoms with Crippen LogP contribution in [0.3, 0.4) is 0 Å². The van der Waals surface area contributed by atoms with Crippen molar-refractivity contribution in [2.75, 3.05) is 5.73 Å². The number of halogens is 4. The lowest BCUT2D eigenvalue weighted by Gasteiger charge is -2.20. The highest BCUT2D eigenvalue weighted by molar-refractivity contribution is 6.30. The largest absolute Gasteiger partial charge is 0.452 e. The van der Waals surface area contributed by atoms with Gasteiger partial charge in [0.1, 0.15) is 24.1 Å². The van der Waals surface area contributed by atoms with Gasteiger partial charge in [-0.1, -0.05) is 41.9 Å². The number of nitrogen functional groups attached to an aromatic ring is 1. The Bertz CT molecular complexity index is 1210. The molecule has 0 saturated heterocycles. The van der Waals surface area contributed by atoms with E-state index in [0.717, 1.165) is 10.8 Å². The lowest BCUT2D eigenvalue weighted by atomic mass is 10.0. The second kappa shape index (κ2) is 9.86. The van der Waals surface area contributed by atoms with E-state index in [2.05, 4.69) is 10.3 Å². The fourth-order valence-electron chi connectivity index (χ4n) is 3.12. The number of carbonyl (C=O) groups is 2. The van der Waals surface area contributed by atoms with E-state index in [-0.39, 0.29) is 17.9 Å². The quantitative estimate of drug-likeness (QED) is 0.543. The van der Waals surface area contributed by atoms with Crippen LogP contribution in [0.5, 0.6) is 0 Å². The van der Waals surface area contributed by atoms with Gasteiger partial charge in [-0.15, -0.1) is 0 Å². The number of hydrogen-bond acceptors (Lipinski definition) is 5. The second-order valence-corrected chi connectivity index (χ2v) is 7.54. The number of nitrogens with two attached hydrogens (primary N) is 1. The highest BCUT2D eigenvalue weighted by Crippen LogP contribution is 2.21. The van der Waals surface area contributed by atoms with Crippen molar-refractivity contribution in [1.29, 1.82) is 0 Å². The molecular formula is C22H18ClF3N4O3. The highest BCUT2D eigenvalue weighted by atomic mass is 35.5. The Hall–Kier alpha value is -3.66. The molecular weight excluding hydrogens is 461 g/mol. The van der Waals surface area contributed by atoms with Crippen LogP contribution >= 0.6 is 11.6 Å². The van der Waals surface area contributed by atoms with Crippen LogP contribution in [0, 0.1) is 0 Å². The smallest absolute Gasteiger partial charge is 0.393 e. The minimum absolute atomic E-state index is 0.0581. The minimum Gasteiger partial charge on any atom is -0.393 e. The Labute approximate surface area is 191 Å². The van der Waals surface area contributed by atoms with Crippen LogP contribution < -0.4 is 16.6 Å². The summed E-state index contributed by atoms with van der Waals surface area (Å²) in [4.78, 5) is 41.3. The highest BCUT2D eigenvalue weighted by Gasteiger charge is 2.43. The van der Waals surface area contributed by atoms with Gasteiger partial charge < -0.3 is 11.1 Å². The van der Waals surface area contributed by atoms with Crippen LogP contribution in [0.15, 0.2) is 65.6 Å². The maximum atomic E-state index is 13.1. The number of nitrogens with one attached hydrogen (secondary N) is 1. The maximum absolute atomic E-state index is 13.1. The summed E-state index contributed by atoms with van der Waals surface area (Å²) >= 11 is 5.87. The van der Waals surface area contributed by atoms with Gasteiger partial charge in [0.15, 0.2) is 0 Å². The summed E-state index contributed by atoms with van der Waals surface area (Å²) in [7, 11) is 0. The van der Waals surface area contributed by atoms with E-state index >= 15 is 0 Å². The number of benzene rings is 2. The van der Waals surface area contributed by atoms with Crippen molar-refractivity contribution in [2.45, 2.75) is 25.2 Å². The molecule has 172 valence electrons. The van der Waals surface area contributed by atoms with Gasteiger partial charge in [-0.3, -0.25) is 19.0 Å². The van der Waals surface area contributed by atoms with Gasteiger partial charge >= 0.3 is 6.18 Å². The zero-order valence-corrected chi connectivity index (χ0v) is 17.7. The first-order chi connectivity index (χ1) is 15.6. The average molecular weight is 479 g/mol. The van der Waals surface area contributed by atoms with E-state index in [1.807, 2.05) is 0 Å². The topological polar surface area (TPSA) is 107 Å². The van der Waals surface area contributed by atoms with Crippen molar-refractivity contribution in [3.8, 4) is 11.4 Å². The number of Topliss-reactive ketones (excluding diaryl/α,β-unsaturated/α-hetero) is 1. The van der Waals surface area contributed by atoms with E-state index in [1.165, 1.54) is 12.1 Å². The number of hydrogen-bond donors (Lipinski definition) is 2. The number of anilines is 1. The Morgan fingerprint density at radius 2 is 1.73 bits per heavy atom. The lowest BCUT2D eigenvalue weighted by molar-refractivity contribution is -0.173. The van der Waals surface area contributed by atoms with Crippen molar-refractivity contribution in [1.82, 2.24) is 14.9 Å². The molecule has 0 aliphatic heterocycles. The van der Waals surface area contributed by atoms with Gasteiger partial charge in [-0.25, -0.2) is 4.98 Å². The number of nitrogens with zero attached hydrogens (tertiary/aromatic N) is 2. The number of aromatic nitrogens is 2. The van der Waals surface area contributed by atoms with Crippen LogP contribution in [0.1, 0.15) is 5.56 Å². The normalized spacial score (nSPS) is 12.2. The van der Waals surface area contributed by atoms with E-state index < -0.39 is 36.0 Å². The minimum atomic E-state index is -5.16. The number of rotatable bonds is 7. The average Bonchev–Trinajstić information content (AvgIpc) is 2.77. The van der Waals surface area contributed by atoms with Gasteiger partial charge in [-0.2, -0.15) is 13.2 Å². The Balaban J connectivity index is 1.90. The summed E-state index contributed by atoms with van der Waals surface area (Å²) in [5.74, 6) is -3.03. The van der Waals surface area contributed by atoms with Crippen LogP contribution in [-0.2, 0) is 22.6 Å². The third-order valence-corrected chi connectivity index (χ3v) is 4.94. The molecule has 1 heterocycles. The molecule has 0 aliphatic rings. The van der Waals surface area contributed by atoms with E-state index in [4.69, 9.17) is 17.3 Å². The summed E-state index contributed by atoms with van der Waals surface area (Å²) < 4.78 is 40.3. The molecule has 33 heavy (non-hydrogen) atoms. The summed E-state index contributed by atoms with van der Waals surface area (Å²) in [5.41, 5.74) is 5.46. The van der Waals surface area contributed by atoms with E-state index in [1.54, 1.807) is 42.5 Å². The number of ketones is 1. The first-order valence-electron chi connectivity index (χ1n) is 9.62. The summed E-state index contributed by atoms with van der Waals surface area (Å²) in [5, 5.41) is 2.52. The Kier molecular flexibility index (Phi) is 7.17. The number of carbonyl (C=O) groups excluding carboxylic acids is 2. The maximum Gasteiger partial charge on any atom is 0.452 e. The van der Waals surface area contributed by atoms with Crippen molar-refractivity contribution in [3.05, 3.63) is 81.7 Å². The zero-order valence-electron chi connectivity index (χ0n) is 17.0. The van der Waals surface area contributed by atoms with Crippen molar-refractivity contribution in [3.63, 3.8) is 0 Å². The fraction of sp³-hybridized carbons (Fsp3) is 0.182. The van der Waals surface area contributed by atoms with E-state index in [9.17, 15) is 27.6 Å². The van der Waals surface area contributed by atoms with Crippen LogP contribution in [0.25, 0.3) is 11.4 Å². The third-order valence-electron chi connectivity index (χ3n) is 4.69. The molecule has 1 aromatic heterocycles. The third kappa shape index (κ3) is 5.98. The summed E-state index contributed by atoms with van der Waals surface area (Å²) in [6.45, 7) is -0.703. The first-order valence-corrected chi connectivity index (χ1v) is 9.99. The zero-order chi connectivity index (χ0) is 24.2. The predicted molar refractivity (Wildman–Crippen MR) is 116 cm³/mol. The molecule has 7 nitrogen and oxygen atoms in total. The monoisotopic (exact) mass is 478 g/mol. The summed E-state index contributed by atoms with van der Waals surface area (Å²) in [6.07, 6.45) is -4.41. The molecule has 0 bridgehead atoms. The van der Waals surface area contributed by atoms with Crippen molar-refractivity contribution in [2.24, 2.45) is 0 Å². The number of amides is 1. The summed E-state index contributed by atoms with van der Waals surface area (Å²) in [6, 6.07) is 12.3. The lowest BCUT2D eigenvalue weighted by Crippen LogP contribution is -2.49. The predicted octanol–water partition coefficient (Wildman–Crippen LogP) is 3.00. The second-order valence-electron chi connectivity index (χ2n) is 7.11. The fourth-order valence-corrected chi connectivity index (χ4v) is 3.25. The number of alkyl halides is 3. The molecule has 0 fully saturated rings. The molecule has 3 aromatic rings. The standard InChI is InChI=1S/C22H18ClF3N4O3/c23-15-8-6-14(7-9-15)20-28-11-16(27)21(33)30(20)12-18(31)29-17(19(32)22(24,25)26)10-13-4-2-1-3-5-13/h1-9,11,17H,10,12,27H2,(H,29,31). The van der Waals surface area contributed by atoms with Gasteiger partial charge in [0.2, 0.25) is 5.91 Å². The molecule has 11 heteroatoms. The molecule has 1 unspecified atom stereocenters. The Morgan fingerprint density at radius 1 is 1.09 bits per heavy atom. The van der Waals surface area contributed by atoms with Gasteiger partial charge in [0.05, 0.1) is 6.20 Å². The molecule has 1 amide bonds. The van der Waals surface area contributed by atoms with Gasteiger partial charge in [0.25, 0.3) is 11.3 Å². The van der Waals surface area contributed by atoms with Gasteiger partial charge in [-0.05, 0) is 29.8 Å². The van der Waals surface area contributed by atoms with E-state index in [0.29, 0.717) is 16.1 Å². The molecule has 2 aromatic carbocycles. The molecule has 0 radical (unpaired) electrons. The van der Waals surface area contributed by atoms with Crippen LogP contribution in [0.4, 0.5) is 18.9 Å². The molecule has 3 rings (SSSR count). The van der Waals surface area contributed by atoms with Crippen molar-refractivity contribution >= 4 is 29.0 Å². The van der Waals surface area contributed by atoms with Crippen LogP contribution in [0.2, 0.25) is 5.02 Å². The first kappa shape index (κ1) is 24.0. The molecule has 3 N–H and O–H groups in total. The SMILES string of the molecule is Nc1cnc(-c2ccc(Cl)cc2)n(CC(=O)NC(Cc2ccccc2)C(=O)C(F)(F)F)c1=O. The molecule has 0 saturated carbocycles. The Morgan fingerprint density at radius 3 is 2.33 bits per heavy atom.